The van der Waals surface area contributed by atoms with Crippen molar-refractivity contribution >= 4 is 21.6 Å². The Bertz CT molecular complexity index is 954. The predicted octanol–water partition coefficient (Wildman–Crippen LogP) is 2.58. The number of rotatable bonds is 8. The van der Waals surface area contributed by atoms with E-state index in [2.05, 4.69) is 17.0 Å². The smallest absolute Gasteiger partial charge is 0.243 e. The number of nitrogens with zero attached hydrogens (tertiary/aromatic N) is 3. The number of anilines is 1. The Morgan fingerprint density at radius 1 is 1.00 bits per heavy atom. The Balaban J connectivity index is 1.60. The van der Waals surface area contributed by atoms with Gasteiger partial charge in [-0.1, -0.05) is 30.3 Å². The summed E-state index contributed by atoms with van der Waals surface area (Å²) in [5.41, 5.74) is 1.70. The molecule has 2 aromatic carbocycles. The summed E-state index contributed by atoms with van der Waals surface area (Å²) in [4.78, 5) is 16.9. The molecule has 1 heterocycles. The Kier molecular flexibility index (Phi) is 7.56. The van der Waals surface area contributed by atoms with Crippen molar-refractivity contribution in [3.8, 4) is 5.75 Å². The first-order chi connectivity index (χ1) is 14.7. The van der Waals surface area contributed by atoms with Crippen LogP contribution >= 0.6 is 0 Å². The summed E-state index contributed by atoms with van der Waals surface area (Å²) in [6.45, 7) is 7.20. The van der Waals surface area contributed by atoms with E-state index in [-0.39, 0.29) is 18.6 Å². The number of piperazine rings is 1. The Morgan fingerprint density at radius 3 is 2.16 bits per heavy atom. The summed E-state index contributed by atoms with van der Waals surface area (Å²) in [7, 11) is -3.60. The fourth-order valence-electron chi connectivity index (χ4n) is 3.58. The highest BCUT2D eigenvalue weighted by molar-refractivity contribution is 7.92. The van der Waals surface area contributed by atoms with Crippen LogP contribution in [0.5, 0.6) is 5.75 Å². The first-order valence-electron chi connectivity index (χ1n) is 10.5. The van der Waals surface area contributed by atoms with Gasteiger partial charge in [0.25, 0.3) is 0 Å². The number of hydrogen-bond donors (Lipinski definition) is 0. The second-order valence-corrected chi connectivity index (χ2v) is 9.98. The van der Waals surface area contributed by atoms with E-state index in [1.807, 2.05) is 32.0 Å². The standard InChI is InChI=1S/C23H31N3O4S/c1-19(2)30-22-11-9-21(10-12-22)26(31(3,28)29)18-23(27)25-15-13-24(14-16-25)17-20-7-5-4-6-8-20/h4-12,19H,13-18H2,1-3H3. The highest BCUT2D eigenvalue weighted by Crippen LogP contribution is 2.22. The van der Waals surface area contributed by atoms with Gasteiger partial charge in [0.05, 0.1) is 18.0 Å². The number of hydrogen-bond acceptors (Lipinski definition) is 5. The molecule has 8 heteroatoms. The largest absolute Gasteiger partial charge is 0.491 e. The molecular formula is C23H31N3O4S. The van der Waals surface area contributed by atoms with Crippen molar-refractivity contribution in [2.24, 2.45) is 0 Å². The van der Waals surface area contributed by atoms with Gasteiger partial charge >= 0.3 is 0 Å². The molecule has 0 aromatic heterocycles. The van der Waals surface area contributed by atoms with Crippen LogP contribution < -0.4 is 9.04 Å². The van der Waals surface area contributed by atoms with Gasteiger partial charge in [0, 0.05) is 32.7 Å². The predicted molar refractivity (Wildman–Crippen MR) is 123 cm³/mol. The van der Waals surface area contributed by atoms with E-state index in [1.165, 1.54) is 5.56 Å². The zero-order valence-electron chi connectivity index (χ0n) is 18.4. The summed E-state index contributed by atoms with van der Waals surface area (Å²) in [6.07, 6.45) is 1.15. The summed E-state index contributed by atoms with van der Waals surface area (Å²) in [5, 5.41) is 0. The highest BCUT2D eigenvalue weighted by atomic mass is 32.2. The van der Waals surface area contributed by atoms with Gasteiger partial charge in [-0.25, -0.2) is 8.42 Å². The molecule has 168 valence electrons. The van der Waals surface area contributed by atoms with Crippen LogP contribution in [0.25, 0.3) is 0 Å². The van der Waals surface area contributed by atoms with Gasteiger partial charge in [0.15, 0.2) is 0 Å². The minimum absolute atomic E-state index is 0.0268. The normalized spacial score (nSPS) is 15.2. The van der Waals surface area contributed by atoms with Crippen LogP contribution in [0, 0.1) is 0 Å². The minimum atomic E-state index is -3.60. The molecule has 1 amide bonds. The third-order valence-corrected chi connectivity index (χ3v) is 6.29. The summed E-state index contributed by atoms with van der Waals surface area (Å²) in [5.74, 6) is 0.473. The van der Waals surface area contributed by atoms with Crippen LogP contribution in [0.1, 0.15) is 19.4 Å². The molecule has 0 unspecified atom stereocenters. The molecule has 0 spiro atoms. The van der Waals surface area contributed by atoms with Crippen molar-refractivity contribution in [3.63, 3.8) is 0 Å². The molecule has 31 heavy (non-hydrogen) atoms. The third kappa shape index (κ3) is 6.70. The van der Waals surface area contributed by atoms with E-state index < -0.39 is 10.0 Å². The molecule has 7 nitrogen and oxygen atoms in total. The van der Waals surface area contributed by atoms with Gasteiger partial charge in [-0.2, -0.15) is 0 Å². The maximum atomic E-state index is 12.9. The van der Waals surface area contributed by atoms with Crippen molar-refractivity contribution in [2.45, 2.75) is 26.5 Å². The lowest BCUT2D eigenvalue weighted by molar-refractivity contribution is -0.131. The van der Waals surface area contributed by atoms with Crippen LogP contribution in [0.4, 0.5) is 5.69 Å². The average molecular weight is 446 g/mol. The number of ether oxygens (including phenoxy) is 1. The maximum absolute atomic E-state index is 12.9. The number of benzene rings is 2. The molecular weight excluding hydrogens is 414 g/mol. The number of amides is 1. The second kappa shape index (κ2) is 10.2. The Morgan fingerprint density at radius 2 is 1.61 bits per heavy atom. The fraction of sp³-hybridized carbons (Fsp3) is 0.435. The molecule has 0 saturated carbocycles. The first-order valence-corrected chi connectivity index (χ1v) is 12.4. The van der Waals surface area contributed by atoms with E-state index >= 15 is 0 Å². The van der Waals surface area contributed by atoms with E-state index in [0.29, 0.717) is 24.5 Å². The number of carbonyl (C=O) groups excluding carboxylic acids is 1. The lowest BCUT2D eigenvalue weighted by Gasteiger charge is -2.35. The molecule has 1 aliphatic rings. The number of carbonyl (C=O) groups is 1. The topological polar surface area (TPSA) is 70.2 Å². The van der Waals surface area contributed by atoms with Gasteiger partial charge in [-0.3, -0.25) is 14.0 Å². The molecule has 0 bridgehead atoms. The van der Waals surface area contributed by atoms with Gasteiger partial charge in [-0.15, -0.1) is 0 Å². The van der Waals surface area contributed by atoms with Gasteiger partial charge in [0.2, 0.25) is 15.9 Å². The molecule has 3 rings (SSSR count). The zero-order valence-corrected chi connectivity index (χ0v) is 19.2. The van der Waals surface area contributed by atoms with E-state index in [9.17, 15) is 13.2 Å². The first kappa shape index (κ1) is 23.1. The van der Waals surface area contributed by atoms with Crippen LogP contribution in [-0.2, 0) is 21.4 Å². The van der Waals surface area contributed by atoms with Crippen molar-refractivity contribution in [3.05, 3.63) is 60.2 Å². The van der Waals surface area contributed by atoms with Crippen LogP contribution in [0.2, 0.25) is 0 Å². The highest BCUT2D eigenvalue weighted by Gasteiger charge is 2.26. The molecule has 0 atom stereocenters. The van der Waals surface area contributed by atoms with E-state index in [4.69, 9.17) is 4.74 Å². The van der Waals surface area contributed by atoms with Crippen LogP contribution in [0.15, 0.2) is 54.6 Å². The molecule has 1 aliphatic heterocycles. The van der Waals surface area contributed by atoms with Crippen LogP contribution in [-0.4, -0.2) is 69.2 Å². The fourth-order valence-corrected chi connectivity index (χ4v) is 4.43. The van der Waals surface area contributed by atoms with Crippen molar-refractivity contribution < 1.29 is 17.9 Å². The molecule has 2 aromatic rings. The second-order valence-electron chi connectivity index (χ2n) is 8.07. The van der Waals surface area contributed by atoms with E-state index in [0.717, 1.165) is 30.2 Å². The van der Waals surface area contributed by atoms with Crippen molar-refractivity contribution in [1.29, 1.82) is 0 Å². The summed E-state index contributed by atoms with van der Waals surface area (Å²) < 4.78 is 31.5. The molecule has 0 N–H and O–H groups in total. The van der Waals surface area contributed by atoms with Gasteiger partial charge in [0.1, 0.15) is 12.3 Å². The minimum Gasteiger partial charge on any atom is -0.491 e. The maximum Gasteiger partial charge on any atom is 0.243 e. The zero-order chi connectivity index (χ0) is 22.4. The SMILES string of the molecule is CC(C)Oc1ccc(N(CC(=O)N2CCN(Cc3ccccc3)CC2)S(C)(=O)=O)cc1. The molecule has 0 radical (unpaired) electrons. The molecule has 1 saturated heterocycles. The summed E-state index contributed by atoms with van der Waals surface area (Å²) in [6, 6.07) is 17.0. The Labute approximate surface area is 185 Å². The van der Waals surface area contributed by atoms with E-state index in [1.54, 1.807) is 29.2 Å². The lowest BCUT2D eigenvalue weighted by Crippen LogP contribution is -2.51. The van der Waals surface area contributed by atoms with Gasteiger partial charge < -0.3 is 9.64 Å². The monoisotopic (exact) mass is 445 g/mol. The lowest BCUT2D eigenvalue weighted by atomic mass is 10.2. The number of sulfonamides is 1. The quantitative estimate of drug-likeness (QED) is 0.625. The molecule has 1 fully saturated rings. The van der Waals surface area contributed by atoms with Crippen molar-refractivity contribution in [2.75, 3.05) is 43.3 Å². The summed E-state index contributed by atoms with van der Waals surface area (Å²) >= 11 is 0. The van der Waals surface area contributed by atoms with Crippen LogP contribution in [0.3, 0.4) is 0 Å². The third-order valence-electron chi connectivity index (χ3n) is 5.15. The average Bonchev–Trinajstić information content (AvgIpc) is 2.73. The Hall–Kier alpha value is -2.58. The molecule has 0 aliphatic carbocycles. The van der Waals surface area contributed by atoms with Crippen molar-refractivity contribution in [1.82, 2.24) is 9.80 Å². The van der Waals surface area contributed by atoms with Gasteiger partial charge in [-0.05, 0) is 43.7 Å².